The van der Waals surface area contributed by atoms with Gasteiger partial charge in [-0.3, -0.25) is 4.79 Å². The molecule has 0 aliphatic heterocycles. The zero-order valence-corrected chi connectivity index (χ0v) is 17.7. The highest BCUT2D eigenvalue weighted by Gasteiger charge is 2.16. The average molecular weight is 408 g/mol. The quantitative estimate of drug-likeness (QED) is 0.404. The number of unbranched alkanes of at least 4 members (excludes halogenated alkanes) is 2. The van der Waals surface area contributed by atoms with E-state index < -0.39 is 17.7 Å². The van der Waals surface area contributed by atoms with Gasteiger partial charge in [0.15, 0.2) is 0 Å². The summed E-state index contributed by atoms with van der Waals surface area (Å²) in [5, 5.41) is 15.6. The number of para-hydroxylation sites is 1. The van der Waals surface area contributed by atoms with Crippen LogP contribution in [-0.4, -0.2) is 41.8 Å². The Morgan fingerprint density at radius 1 is 1.07 bits per heavy atom. The van der Waals surface area contributed by atoms with E-state index in [4.69, 9.17) is 9.47 Å². The number of hydrogen-bond acceptors (Lipinski definition) is 6. The van der Waals surface area contributed by atoms with Gasteiger partial charge in [0, 0.05) is 25.1 Å². The molecular formula is C21H32N2O6. The van der Waals surface area contributed by atoms with Crippen molar-refractivity contribution >= 4 is 18.0 Å². The van der Waals surface area contributed by atoms with Crippen molar-refractivity contribution in [2.24, 2.45) is 0 Å². The van der Waals surface area contributed by atoms with Crippen LogP contribution in [0.2, 0.25) is 0 Å². The lowest BCUT2D eigenvalue weighted by Crippen LogP contribution is -2.33. The summed E-state index contributed by atoms with van der Waals surface area (Å²) in [5.41, 5.74) is 0.00782. The summed E-state index contributed by atoms with van der Waals surface area (Å²) in [6.07, 6.45) is 2.10. The molecule has 0 bridgehead atoms. The van der Waals surface area contributed by atoms with Gasteiger partial charge >= 0.3 is 12.1 Å². The van der Waals surface area contributed by atoms with Gasteiger partial charge in [-0.05, 0) is 46.6 Å². The van der Waals surface area contributed by atoms with Gasteiger partial charge in [-0.2, -0.15) is 0 Å². The molecule has 0 radical (unpaired) electrons. The summed E-state index contributed by atoms with van der Waals surface area (Å²) in [7, 11) is 0. The van der Waals surface area contributed by atoms with Gasteiger partial charge in [-0.15, -0.1) is 0 Å². The number of rotatable bonds is 10. The Balaban J connectivity index is 2.27. The highest BCUT2D eigenvalue weighted by atomic mass is 16.6. The van der Waals surface area contributed by atoms with Gasteiger partial charge in [0.1, 0.15) is 16.9 Å². The van der Waals surface area contributed by atoms with Crippen LogP contribution >= 0.6 is 0 Å². The molecular weight excluding hydrogens is 376 g/mol. The maximum Gasteiger partial charge on any atom is 0.407 e. The van der Waals surface area contributed by atoms with Crippen molar-refractivity contribution in [3.8, 4) is 5.75 Å². The lowest BCUT2D eigenvalue weighted by molar-refractivity contribution is -0.121. The molecule has 0 saturated heterocycles. The third-order valence-corrected chi connectivity index (χ3v) is 3.84. The van der Waals surface area contributed by atoms with Crippen LogP contribution in [0.4, 0.5) is 4.79 Å². The van der Waals surface area contributed by atoms with Crippen molar-refractivity contribution < 1.29 is 29.0 Å². The topological polar surface area (TPSA) is 114 Å². The molecule has 0 aliphatic carbocycles. The molecule has 0 atom stereocenters. The van der Waals surface area contributed by atoms with Crippen LogP contribution in [0.15, 0.2) is 18.2 Å². The summed E-state index contributed by atoms with van der Waals surface area (Å²) in [4.78, 5) is 35.3. The normalized spacial score (nSPS) is 10.9. The monoisotopic (exact) mass is 408 g/mol. The van der Waals surface area contributed by atoms with Crippen molar-refractivity contribution in [3.63, 3.8) is 0 Å². The fourth-order valence-electron chi connectivity index (χ4n) is 2.48. The first-order chi connectivity index (χ1) is 13.6. The van der Waals surface area contributed by atoms with Gasteiger partial charge in [-0.25, -0.2) is 9.59 Å². The molecule has 0 heterocycles. The molecule has 0 aliphatic rings. The van der Waals surface area contributed by atoms with E-state index in [9.17, 15) is 19.5 Å². The van der Waals surface area contributed by atoms with Crippen molar-refractivity contribution in [3.05, 3.63) is 29.3 Å². The van der Waals surface area contributed by atoms with Gasteiger partial charge in [0.05, 0.1) is 6.61 Å². The van der Waals surface area contributed by atoms with Crippen LogP contribution in [0.3, 0.4) is 0 Å². The SMILES string of the molecule is CCOC(=O)c1cccc(CNC(=O)CCCCCNC(=O)OC(C)(C)C)c1O. The second kappa shape index (κ2) is 11.9. The molecule has 0 saturated carbocycles. The fraction of sp³-hybridized carbons (Fsp3) is 0.571. The predicted molar refractivity (Wildman–Crippen MR) is 109 cm³/mol. The van der Waals surface area contributed by atoms with Crippen molar-refractivity contribution in [2.75, 3.05) is 13.2 Å². The second-order valence-electron chi connectivity index (χ2n) is 7.55. The van der Waals surface area contributed by atoms with E-state index in [1.165, 1.54) is 6.07 Å². The minimum atomic E-state index is -0.599. The summed E-state index contributed by atoms with van der Waals surface area (Å²) in [6, 6.07) is 4.75. The molecule has 0 fully saturated rings. The van der Waals surface area contributed by atoms with Crippen molar-refractivity contribution in [2.45, 2.75) is 65.5 Å². The minimum Gasteiger partial charge on any atom is -0.507 e. The molecule has 3 N–H and O–H groups in total. The Hall–Kier alpha value is -2.77. The smallest absolute Gasteiger partial charge is 0.407 e. The van der Waals surface area contributed by atoms with Gasteiger partial charge in [-0.1, -0.05) is 18.6 Å². The van der Waals surface area contributed by atoms with E-state index >= 15 is 0 Å². The van der Waals surface area contributed by atoms with Crippen LogP contribution in [0, 0.1) is 0 Å². The Morgan fingerprint density at radius 2 is 1.79 bits per heavy atom. The molecule has 0 unspecified atom stereocenters. The first-order valence-corrected chi connectivity index (χ1v) is 9.85. The van der Waals surface area contributed by atoms with E-state index in [-0.39, 0.29) is 30.4 Å². The standard InChI is InChI=1S/C21H32N2O6/c1-5-28-19(26)16-11-9-10-15(18(16)25)14-23-17(24)12-7-6-8-13-22-20(27)29-21(2,3)4/h9-11,25H,5-8,12-14H2,1-4H3,(H,22,27)(H,23,24). The number of carbonyl (C=O) groups is 3. The van der Waals surface area contributed by atoms with E-state index in [1.807, 2.05) is 0 Å². The number of carbonyl (C=O) groups excluding carboxylic acids is 3. The Morgan fingerprint density at radius 3 is 2.45 bits per heavy atom. The maximum atomic E-state index is 12.0. The summed E-state index contributed by atoms with van der Waals surface area (Å²) in [5.74, 6) is -0.927. The van der Waals surface area contributed by atoms with Gasteiger partial charge in [0.2, 0.25) is 5.91 Å². The number of esters is 1. The number of nitrogens with one attached hydrogen (secondary N) is 2. The molecule has 1 rings (SSSR count). The molecule has 8 heteroatoms. The van der Waals surface area contributed by atoms with Crippen molar-refractivity contribution in [1.82, 2.24) is 10.6 Å². The highest BCUT2D eigenvalue weighted by molar-refractivity contribution is 5.92. The number of amides is 2. The van der Waals surface area contributed by atoms with E-state index in [0.717, 1.165) is 12.8 Å². The van der Waals surface area contributed by atoms with E-state index in [2.05, 4.69) is 10.6 Å². The van der Waals surface area contributed by atoms with Crippen LogP contribution < -0.4 is 10.6 Å². The van der Waals surface area contributed by atoms with Crippen LogP contribution in [0.5, 0.6) is 5.75 Å². The summed E-state index contributed by atoms with van der Waals surface area (Å²) < 4.78 is 10.0. The molecule has 1 aromatic carbocycles. The van der Waals surface area contributed by atoms with Gasteiger partial charge in [0.25, 0.3) is 0 Å². The predicted octanol–water partition coefficient (Wildman–Crippen LogP) is 3.27. The molecule has 29 heavy (non-hydrogen) atoms. The number of aromatic hydroxyl groups is 1. The first kappa shape index (κ1) is 24.3. The number of ether oxygens (including phenoxy) is 2. The zero-order chi connectivity index (χ0) is 21.9. The summed E-state index contributed by atoms with van der Waals surface area (Å²) >= 11 is 0. The molecule has 0 aromatic heterocycles. The molecule has 0 spiro atoms. The Kier molecular flexibility index (Phi) is 9.99. The van der Waals surface area contributed by atoms with Crippen LogP contribution in [-0.2, 0) is 20.8 Å². The number of phenols is 1. The van der Waals surface area contributed by atoms with Gasteiger partial charge < -0.3 is 25.2 Å². The maximum absolute atomic E-state index is 12.0. The molecule has 2 amide bonds. The van der Waals surface area contributed by atoms with Crippen LogP contribution in [0.25, 0.3) is 0 Å². The number of hydrogen-bond donors (Lipinski definition) is 3. The number of alkyl carbamates (subject to hydrolysis) is 1. The third-order valence-electron chi connectivity index (χ3n) is 3.84. The molecule has 8 nitrogen and oxygen atoms in total. The third kappa shape index (κ3) is 9.82. The average Bonchev–Trinajstić information content (AvgIpc) is 2.62. The first-order valence-electron chi connectivity index (χ1n) is 9.85. The lowest BCUT2D eigenvalue weighted by Gasteiger charge is -2.19. The molecule has 162 valence electrons. The lowest BCUT2D eigenvalue weighted by atomic mass is 10.1. The van der Waals surface area contributed by atoms with Crippen molar-refractivity contribution in [1.29, 1.82) is 0 Å². The van der Waals surface area contributed by atoms with E-state index in [1.54, 1.807) is 39.8 Å². The zero-order valence-electron chi connectivity index (χ0n) is 17.7. The largest absolute Gasteiger partial charge is 0.507 e. The van der Waals surface area contributed by atoms with E-state index in [0.29, 0.717) is 24.9 Å². The van der Waals surface area contributed by atoms with Crippen LogP contribution in [0.1, 0.15) is 69.3 Å². The number of phenolic OH excluding ortho intramolecular Hbond substituents is 1. The minimum absolute atomic E-state index is 0.0797. The Bertz CT molecular complexity index is 697. The second-order valence-corrected chi connectivity index (χ2v) is 7.55. The number of benzene rings is 1. The summed E-state index contributed by atoms with van der Waals surface area (Å²) in [6.45, 7) is 7.93. The fourth-order valence-corrected chi connectivity index (χ4v) is 2.48. The highest BCUT2D eigenvalue weighted by Crippen LogP contribution is 2.23. The molecule has 1 aromatic rings. The Labute approximate surface area is 172 Å².